The molecule has 0 aromatic heterocycles. The zero-order valence-electron chi connectivity index (χ0n) is 26.8. The van der Waals surface area contributed by atoms with Gasteiger partial charge in [-0.3, -0.25) is 24.0 Å². The number of aryl methyl sites for hydroxylation is 1. The van der Waals surface area contributed by atoms with Gasteiger partial charge in [-0.1, -0.05) is 57.7 Å². The van der Waals surface area contributed by atoms with E-state index in [1.165, 1.54) is 20.8 Å². The van der Waals surface area contributed by atoms with Gasteiger partial charge < -0.3 is 18.9 Å². The largest absolute Gasteiger partial charge is 0.462 e. The number of benzene rings is 1. The van der Waals surface area contributed by atoms with Crippen molar-refractivity contribution >= 4 is 29.7 Å². The molecule has 1 aromatic carbocycles. The Morgan fingerprint density at radius 1 is 0.909 bits per heavy atom. The van der Waals surface area contributed by atoms with Gasteiger partial charge in [0, 0.05) is 50.9 Å². The van der Waals surface area contributed by atoms with Gasteiger partial charge in [0.05, 0.1) is 0 Å². The number of fused-ring (bicyclic) bond motifs is 3. The summed E-state index contributed by atoms with van der Waals surface area (Å²) >= 11 is 0. The molecule has 2 saturated carbocycles. The normalized spacial score (nSPS) is 31.2. The highest BCUT2D eigenvalue weighted by molar-refractivity contribution is 5.97. The summed E-state index contributed by atoms with van der Waals surface area (Å²) in [6.07, 6.45) is -2.16. The lowest BCUT2D eigenvalue weighted by atomic mass is 9.49. The van der Waals surface area contributed by atoms with Crippen molar-refractivity contribution < 1.29 is 42.9 Å². The van der Waals surface area contributed by atoms with Gasteiger partial charge in [0.2, 0.25) is 0 Å². The Labute approximate surface area is 259 Å². The van der Waals surface area contributed by atoms with Crippen LogP contribution in [-0.4, -0.2) is 54.1 Å². The van der Waals surface area contributed by atoms with E-state index in [0.717, 1.165) is 5.56 Å². The molecule has 9 heteroatoms. The van der Waals surface area contributed by atoms with Crippen molar-refractivity contribution in [3.05, 3.63) is 59.2 Å². The van der Waals surface area contributed by atoms with Gasteiger partial charge >= 0.3 is 23.9 Å². The van der Waals surface area contributed by atoms with Crippen molar-refractivity contribution in [3.8, 4) is 0 Å². The second-order valence-corrected chi connectivity index (χ2v) is 13.2. The molecule has 0 N–H and O–H groups in total. The summed E-state index contributed by atoms with van der Waals surface area (Å²) in [6, 6.07) is 9.63. The SMILES string of the molecule is C=C1[C@@H](OC(=O)CCc2ccccc2)CC[C@@]2(C)[C@@H](OC(C)=O)[C@H](OC(C)=O)C3=C(C)C(=O)C[C@@H]([C@@H](OC(C)=O)[C@H]12)C3(C)C. The molecule has 4 rings (SSSR count). The van der Waals surface area contributed by atoms with Gasteiger partial charge in [0.25, 0.3) is 0 Å². The third-order valence-electron chi connectivity index (χ3n) is 9.87. The fourth-order valence-corrected chi connectivity index (χ4v) is 7.85. The summed E-state index contributed by atoms with van der Waals surface area (Å²) in [6.45, 7) is 15.7. The molecule has 1 aromatic rings. The smallest absolute Gasteiger partial charge is 0.306 e. The summed E-state index contributed by atoms with van der Waals surface area (Å²) in [7, 11) is 0. The lowest BCUT2D eigenvalue weighted by molar-refractivity contribution is -0.202. The van der Waals surface area contributed by atoms with E-state index in [1.54, 1.807) is 6.92 Å². The van der Waals surface area contributed by atoms with E-state index < -0.39 is 65.0 Å². The van der Waals surface area contributed by atoms with Crippen molar-refractivity contribution in [2.45, 2.75) is 105 Å². The number of carbonyl (C=O) groups is 5. The molecular formula is C35H44O9. The first-order valence-electron chi connectivity index (χ1n) is 15.3. The average molecular weight is 609 g/mol. The molecule has 0 aliphatic heterocycles. The molecule has 9 nitrogen and oxygen atoms in total. The minimum absolute atomic E-state index is 0.0900. The molecule has 3 aliphatic rings. The van der Waals surface area contributed by atoms with Crippen LogP contribution < -0.4 is 0 Å². The Kier molecular flexibility index (Phi) is 9.57. The lowest BCUT2D eigenvalue weighted by Gasteiger charge is -2.59. The van der Waals surface area contributed by atoms with Crippen LogP contribution in [0.15, 0.2) is 53.6 Å². The monoisotopic (exact) mass is 608 g/mol. The minimum atomic E-state index is -1.07. The van der Waals surface area contributed by atoms with Gasteiger partial charge in [-0.05, 0) is 53.9 Å². The molecule has 2 fully saturated rings. The number of rotatable bonds is 7. The molecule has 0 radical (unpaired) electrons. The third kappa shape index (κ3) is 6.37. The third-order valence-corrected chi connectivity index (χ3v) is 9.87. The summed E-state index contributed by atoms with van der Waals surface area (Å²) in [5, 5.41) is 0. The Morgan fingerprint density at radius 2 is 1.52 bits per heavy atom. The predicted octanol–water partition coefficient (Wildman–Crippen LogP) is 5.24. The Balaban J connectivity index is 1.82. The Morgan fingerprint density at radius 3 is 2.11 bits per heavy atom. The molecule has 238 valence electrons. The van der Waals surface area contributed by atoms with Crippen LogP contribution in [0.25, 0.3) is 0 Å². The quantitative estimate of drug-likeness (QED) is 0.232. The van der Waals surface area contributed by atoms with Crippen LogP contribution in [0.3, 0.4) is 0 Å². The number of ether oxygens (including phenoxy) is 4. The van der Waals surface area contributed by atoms with E-state index in [-0.39, 0.29) is 24.6 Å². The standard InChI is InChI=1S/C35H44O9/c1-19-26(39)18-25-31(41-21(3)36)30-20(2)27(44-28(40)15-14-24-12-10-9-11-13-24)16-17-35(30,8)33(43-23(5)38)32(42-22(4)37)29(19)34(25,6)7/h9-13,25,27,30-33H,2,14-18H2,1,3-8H3/t25-,27-,30-,31+,32+,33-,35+/m0/s1. The predicted molar refractivity (Wildman–Crippen MR) is 161 cm³/mol. The van der Waals surface area contributed by atoms with Crippen LogP contribution in [0.2, 0.25) is 0 Å². The molecule has 0 saturated heterocycles. The molecule has 2 bridgehead atoms. The van der Waals surface area contributed by atoms with Crippen molar-refractivity contribution in [1.82, 2.24) is 0 Å². The first-order chi connectivity index (χ1) is 20.6. The van der Waals surface area contributed by atoms with E-state index >= 15 is 0 Å². The van der Waals surface area contributed by atoms with E-state index in [0.29, 0.717) is 36.0 Å². The first kappa shape index (κ1) is 33.1. The van der Waals surface area contributed by atoms with Gasteiger partial charge in [-0.25, -0.2) is 0 Å². The maximum atomic E-state index is 13.5. The number of ketones is 1. The fourth-order valence-electron chi connectivity index (χ4n) is 7.85. The molecular weight excluding hydrogens is 564 g/mol. The fraction of sp³-hybridized carbons (Fsp3) is 0.571. The van der Waals surface area contributed by atoms with Gasteiger partial charge in [0.15, 0.2) is 11.9 Å². The average Bonchev–Trinajstić information content (AvgIpc) is 2.93. The van der Waals surface area contributed by atoms with Gasteiger partial charge in [0.1, 0.15) is 18.3 Å². The molecule has 0 unspecified atom stereocenters. The summed E-state index contributed by atoms with van der Waals surface area (Å²) in [5.41, 5.74) is 0.720. The Bertz CT molecular complexity index is 1370. The topological polar surface area (TPSA) is 122 Å². The zero-order valence-corrected chi connectivity index (χ0v) is 26.8. The van der Waals surface area contributed by atoms with Gasteiger partial charge in [-0.15, -0.1) is 0 Å². The number of Topliss-reactive ketones (excluding diaryl/α,β-unsaturated/α-hetero) is 1. The van der Waals surface area contributed by atoms with Crippen LogP contribution in [0, 0.1) is 22.7 Å². The van der Waals surface area contributed by atoms with Crippen LogP contribution in [0.5, 0.6) is 0 Å². The maximum absolute atomic E-state index is 13.5. The highest BCUT2D eigenvalue weighted by Gasteiger charge is 2.64. The van der Waals surface area contributed by atoms with Crippen LogP contribution >= 0.6 is 0 Å². The van der Waals surface area contributed by atoms with Crippen molar-refractivity contribution in [3.63, 3.8) is 0 Å². The molecule has 0 spiro atoms. The summed E-state index contributed by atoms with van der Waals surface area (Å²) in [5.74, 6) is -3.50. The second-order valence-electron chi connectivity index (χ2n) is 13.2. The van der Waals surface area contributed by atoms with E-state index in [1.807, 2.05) is 51.1 Å². The summed E-state index contributed by atoms with van der Waals surface area (Å²) < 4.78 is 24.1. The Hall–Kier alpha value is -3.75. The highest BCUT2D eigenvalue weighted by Crippen LogP contribution is 2.60. The molecule has 0 heterocycles. The van der Waals surface area contributed by atoms with E-state index in [4.69, 9.17) is 18.9 Å². The molecule has 0 amide bonds. The minimum Gasteiger partial charge on any atom is -0.462 e. The second kappa shape index (κ2) is 12.7. The van der Waals surface area contributed by atoms with E-state index in [2.05, 4.69) is 6.58 Å². The van der Waals surface area contributed by atoms with Crippen LogP contribution in [0.1, 0.15) is 79.7 Å². The van der Waals surface area contributed by atoms with Crippen molar-refractivity contribution in [2.24, 2.45) is 22.7 Å². The summed E-state index contributed by atoms with van der Waals surface area (Å²) in [4.78, 5) is 64.5. The van der Waals surface area contributed by atoms with Crippen molar-refractivity contribution in [1.29, 1.82) is 0 Å². The number of esters is 4. The number of allylic oxidation sites excluding steroid dienone is 1. The van der Waals surface area contributed by atoms with Crippen molar-refractivity contribution in [2.75, 3.05) is 0 Å². The van der Waals surface area contributed by atoms with Crippen LogP contribution in [0.4, 0.5) is 0 Å². The van der Waals surface area contributed by atoms with E-state index in [9.17, 15) is 24.0 Å². The zero-order chi connectivity index (χ0) is 32.6. The maximum Gasteiger partial charge on any atom is 0.306 e. The number of hydrogen-bond acceptors (Lipinski definition) is 9. The lowest BCUT2D eigenvalue weighted by Crippen LogP contribution is -2.64. The molecule has 3 aliphatic carbocycles. The number of carbonyl (C=O) groups excluding carboxylic acids is 5. The number of hydrogen-bond donors (Lipinski definition) is 0. The van der Waals surface area contributed by atoms with Gasteiger partial charge in [-0.2, -0.15) is 0 Å². The molecule has 44 heavy (non-hydrogen) atoms. The molecule has 7 atom stereocenters. The first-order valence-corrected chi connectivity index (χ1v) is 15.3. The van der Waals surface area contributed by atoms with Crippen LogP contribution in [-0.2, 0) is 49.3 Å². The highest BCUT2D eigenvalue weighted by atomic mass is 16.6.